The minimum atomic E-state index is -0.447. The van der Waals surface area contributed by atoms with Gasteiger partial charge < -0.3 is 15.7 Å². The van der Waals surface area contributed by atoms with Crippen LogP contribution >= 0.6 is 0 Å². The van der Waals surface area contributed by atoms with E-state index < -0.39 is 6.10 Å². The molecule has 3 N–H and O–H groups in total. The van der Waals surface area contributed by atoms with Crippen molar-refractivity contribution in [1.29, 1.82) is 0 Å². The van der Waals surface area contributed by atoms with Gasteiger partial charge >= 0.3 is 0 Å². The first-order valence-corrected chi connectivity index (χ1v) is 9.58. The van der Waals surface area contributed by atoms with E-state index in [1.807, 2.05) is 30.3 Å². The maximum Gasteiger partial charge on any atom is 0.191 e. The minimum Gasteiger partial charge on any atom is -0.388 e. The summed E-state index contributed by atoms with van der Waals surface area (Å²) in [4.78, 5) is 4.73. The summed E-state index contributed by atoms with van der Waals surface area (Å²) in [7, 11) is 0. The second kappa shape index (κ2) is 9.39. The smallest absolute Gasteiger partial charge is 0.191 e. The van der Waals surface area contributed by atoms with Crippen molar-refractivity contribution in [3.05, 3.63) is 71.8 Å². The number of aliphatic imine (C=N–C) groups is 1. The molecule has 1 aliphatic carbocycles. The average Bonchev–Trinajstić information content (AvgIpc) is 3.47. The molecule has 0 heterocycles. The van der Waals surface area contributed by atoms with E-state index in [4.69, 9.17) is 4.99 Å². The van der Waals surface area contributed by atoms with Crippen LogP contribution in [-0.2, 0) is 0 Å². The van der Waals surface area contributed by atoms with Crippen LogP contribution in [0.15, 0.2) is 65.7 Å². The van der Waals surface area contributed by atoms with Gasteiger partial charge in [0.25, 0.3) is 0 Å². The fourth-order valence-corrected chi connectivity index (χ4v) is 3.28. The van der Waals surface area contributed by atoms with Crippen molar-refractivity contribution < 1.29 is 5.11 Å². The van der Waals surface area contributed by atoms with Crippen LogP contribution in [0.4, 0.5) is 0 Å². The molecule has 3 rings (SSSR count). The van der Waals surface area contributed by atoms with Crippen molar-refractivity contribution >= 4 is 5.96 Å². The quantitative estimate of drug-likeness (QED) is 0.504. The van der Waals surface area contributed by atoms with Gasteiger partial charge in [0.15, 0.2) is 5.96 Å². The van der Waals surface area contributed by atoms with Crippen LogP contribution in [-0.4, -0.2) is 30.7 Å². The molecule has 26 heavy (non-hydrogen) atoms. The van der Waals surface area contributed by atoms with E-state index in [2.05, 4.69) is 47.9 Å². The van der Waals surface area contributed by atoms with E-state index in [1.54, 1.807) is 0 Å². The summed E-state index contributed by atoms with van der Waals surface area (Å²) in [6, 6.07) is 20.5. The van der Waals surface area contributed by atoms with Crippen molar-refractivity contribution in [2.24, 2.45) is 10.9 Å². The van der Waals surface area contributed by atoms with Gasteiger partial charge in [-0.15, -0.1) is 0 Å². The van der Waals surface area contributed by atoms with Crippen LogP contribution in [0, 0.1) is 5.92 Å². The molecule has 1 fully saturated rings. The minimum absolute atomic E-state index is 0.447. The van der Waals surface area contributed by atoms with Crippen molar-refractivity contribution in [3.8, 4) is 0 Å². The maximum atomic E-state index is 10.3. The van der Waals surface area contributed by atoms with Crippen LogP contribution in [0.1, 0.15) is 42.9 Å². The van der Waals surface area contributed by atoms with Gasteiger partial charge in [-0.3, -0.25) is 4.99 Å². The number of aliphatic hydroxyl groups excluding tert-OH is 1. The number of hydrogen-bond acceptors (Lipinski definition) is 2. The second-order valence-electron chi connectivity index (χ2n) is 6.87. The summed E-state index contributed by atoms with van der Waals surface area (Å²) in [5.41, 5.74) is 2.39. The summed E-state index contributed by atoms with van der Waals surface area (Å²) in [6.07, 6.45) is 1.43. The monoisotopic (exact) mass is 351 g/mol. The first-order valence-electron chi connectivity index (χ1n) is 9.58. The molecule has 0 saturated heterocycles. The zero-order valence-electron chi connectivity index (χ0n) is 15.4. The molecule has 0 amide bonds. The Kier molecular flexibility index (Phi) is 6.67. The van der Waals surface area contributed by atoms with Crippen molar-refractivity contribution in [1.82, 2.24) is 10.6 Å². The largest absolute Gasteiger partial charge is 0.388 e. The molecule has 2 aromatic carbocycles. The maximum absolute atomic E-state index is 10.3. The first-order chi connectivity index (χ1) is 12.8. The van der Waals surface area contributed by atoms with Gasteiger partial charge in [0.2, 0.25) is 0 Å². The Balaban J connectivity index is 1.44. The molecule has 1 aliphatic rings. The van der Waals surface area contributed by atoms with E-state index in [9.17, 15) is 5.11 Å². The Labute approximate surface area is 156 Å². The molecular formula is C22H29N3O. The predicted molar refractivity (Wildman–Crippen MR) is 107 cm³/mol. The van der Waals surface area contributed by atoms with Crippen molar-refractivity contribution in [2.45, 2.75) is 31.8 Å². The Hall–Kier alpha value is -2.33. The van der Waals surface area contributed by atoms with E-state index in [0.29, 0.717) is 24.8 Å². The number of nitrogens with zero attached hydrogens (tertiary/aromatic N) is 1. The lowest BCUT2D eigenvalue weighted by molar-refractivity contribution is 0.168. The van der Waals surface area contributed by atoms with Crippen molar-refractivity contribution in [3.63, 3.8) is 0 Å². The van der Waals surface area contributed by atoms with Gasteiger partial charge in [-0.05, 0) is 42.7 Å². The molecule has 0 radical (unpaired) electrons. The lowest BCUT2D eigenvalue weighted by atomic mass is 10.1. The van der Waals surface area contributed by atoms with Gasteiger partial charge in [-0.25, -0.2) is 0 Å². The fourth-order valence-electron chi connectivity index (χ4n) is 3.28. The number of guanidine groups is 1. The topological polar surface area (TPSA) is 56.7 Å². The van der Waals surface area contributed by atoms with Gasteiger partial charge in [-0.2, -0.15) is 0 Å². The summed E-state index contributed by atoms with van der Waals surface area (Å²) in [5, 5.41) is 16.9. The molecule has 0 aromatic heterocycles. The third-order valence-corrected chi connectivity index (χ3v) is 4.87. The molecule has 1 saturated carbocycles. The molecule has 0 aliphatic heterocycles. The third-order valence-electron chi connectivity index (χ3n) is 4.87. The number of hydrogen-bond donors (Lipinski definition) is 3. The molecule has 2 aromatic rings. The fraction of sp³-hybridized carbons (Fsp3) is 0.409. The SMILES string of the molecule is CCNC(=NCC1CC1c1ccccc1)NCCC(O)c1ccccc1. The zero-order chi connectivity index (χ0) is 18.2. The average molecular weight is 351 g/mol. The molecule has 3 unspecified atom stereocenters. The molecule has 4 heteroatoms. The predicted octanol–water partition coefficient (Wildman–Crippen LogP) is 3.47. The lowest BCUT2D eigenvalue weighted by Crippen LogP contribution is -2.38. The summed E-state index contributed by atoms with van der Waals surface area (Å²) >= 11 is 0. The number of aliphatic hydroxyl groups is 1. The lowest BCUT2D eigenvalue weighted by Gasteiger charge is -2.14. The summed E-state index contributed by atoms with van der Waals surface area (Å²) < 4.78 is 0. The molecular weight excluding hydrogens is 322 g/mol. The van der Waals surface area contributed by atoms with Crippen LogP contribution in [0.2, 0.25) is 0 Å². The molecule has 4 nitrogen and oxygen atoms in total. The normalized spacial score (nSPS) is 20.5. The van der Waals surface area contributed by atoms with Gasteiger partial charge in [0.1, 0.15) is 0 Å². The Morgan fingerprint density at radius 2 is 1.77 bits per heavy atom. The third kappa shape index (κ3) is 5.33. The van der Waals surface area contributed by atoms with Crippen LogP contribution < -0.4 is 10.6 Å². The Bertz CT molecular complexity index is 687. The van der Waals surface area contributed by atoms with Crippen LogP contribution in [0.5, 0.6) is 0 Å². The van der Waals surface area contributed by atoms with E-state index in [0.717, 1.165) is 24.6 Å². The molecule has 3 atom stereocenters. The van der Waals surface area contributed by atoms with E-state index >= 15 is 0 Å². The second-order valence-corrected chi connectivity index (χ2v) is 6.87. The van der Waals surface area contributed by atoms with Crippen LogP contribution in [0.25, 0.3) is 0 Å². The highest BCUT2D eigenvalue weighted by atomic mass is 16.3. The Morgan fingerprint density at radius 1 is 1.08 bits per heavy atom. The molecule has 138 valence electrons. The molecule has 0 spiro atoms. The number of nitrogens with one attached hydrogen (secondary N) is 2. The highest BCUT2D eigenvalue weighted by Crippen LogP contribution is 2.47. The van der Waals surface area contributed by atoms with Gasteiger partial charge in [0, 0.05) is 19.6 Å². The van der Waals surface area contributed by atoms with Gasteiger partial charge in [-0.1, -0.05) is 60.7 Å². The summed E-state index contributed by atoms with van der Waals surface area (Å²) in [5.74, 6) is 2.14. The summed E-state index contributed by atoms with van der Waals surface area (Å²) in [6.45, 7) is 4.44. The highest BCUT2D eigenvalue weighted by Gasteiger charge is 2.37. The Morgan fingerprint density at radius 3 is 2.46 bits per heavy atom. The van der Waals surface area contributed by atoms with E-state index in [1.165, 1.54) is 12.0 Å². The van der Waals surface area contributed by atoms with Crippen LogP contribution in [0.3, 0.4) is 0 Å². The number of benzene rings is 2. The zero-order valence-corrected chi connectivity index (χ0v) is 15.4. The standard InChI is InChI=1S/C22H29N3O/c1-2-23-22(24-14-13-21(26)18-11-7-4-8-12-18)25-16-19-15-20(19)17-9-5-3-6-10-17/h3-12,19-21,26H,2,13-16H2,1H3,(H2,23,24,25). The first kappa shape index (κ1) is 18.5. The van der Waals surface area contributed by atoms with Gasteiger partial charge in [0.05, 0.1) is 6.10 Å². The van der Waals surface area contributed by atoms with Crippen molar-refractivity contribution in [2.75, 3.05) is 19.6 Å². The highest BCUT2D eigenvalue weighted by molar-refractivity contribution is 5.79. The molecule has 0 bridgehead atoms. The number of rotatable bonds is 8. The van der Waals surface area contributed by atoms with E-state index in [-0.39, 0.29) is 0 Å².